The molecule has 0 aliphatic carbocycles. The van der Waals surface area contributed by atoms with Crippen molar-refractivity contribution in [3.8, 4) is 0 Å². The average Bonchev–Trinajstić information content (AvgIpc) is 2.38. The molecule has 0 radical (unpaired) electrons. The average molecular weight is 267 g/mol. The standard InChI is InChI=1S/C12H17N3O2S/c1-3-9-4-6-10(7-5-9)13-12(18)15-14-11(16)8-17-2/h4-7H,3,8H2,1-2H3,(H,14,16)(H2,13,15,18). The molecule has 1 rings (SSSR count). The fraction of sp³-hybridized carbons (Fsp3) is 0.333. The van der Waals surface area contributed by atoms with E-state index >= 15 is 0 Å². The van der Waals surface area contributed by atoms with Crippen molar-refractivity contribution in [1.82, 2.24) is 10.9 Å². The molecule has 0 saturated carbocycles. The van der Waals surface area contributed by atoms with Crippen LogP contribution in [-0.2, 0) is 16.0 Å². The van der Waals surface area contributed by atoms with E-state index in [2.05, 4.69) is 27.8 Å². The quantitative estimate of drug-likeness (QED) is 0.565. The van der Waals surface area contributed by atoms with Crippen molar-refractivity contribution in [3.05, 3.63) is 29.8 Å². The first-order valence-electron chi connectivity index (χ1n) is 5.59. The minimum Gasteiger partial charge on any atom is -0.375 e. The second-order valence-electron chi connectivity index (χ2n) is 3.61. The summed E-state index contributed by atoms with van der Waals surface area (Å²) >= 11 is 5.02. The number of aryl methyl sites for hydroxylation is 1. The maximum absolute atomic E-state index is 11.1. The van der Waals surface area contributed by atoms with E-state index in [0.29, 0.717) is 5.11 Å². The first-order valence-corrected chi connectivity index (χ1v) is 6.00. The Balaban J connectivity index is 2.37. The van der Waals surface area contributed by atoms with Gasteiger partial charge >= 0.3 is 0 Å². The zero-order valence-corrected chi connectivity index (χ0v) is 11.3. The van der Waals surface area contributed by atoms with Crippen molar-refractivity contribution >= 4 is 28.9 Å². The molecule has 6 heteroatoms. The van der Waals surface area contributed by atoms with Gasteiger partial charge in [0.25, 0.3) is 5.91 Å². The van der Waals surface area contributed by atoms with E-state index in [4.69, 9.17) is 12.2 Å². The molecule has 1 aromatic carbocycles. The summed E-state index contributed by atoms with van der Waals surface area (Å²) in [4.78, 5) is 11.1. The van der Waals surface area contributed by atoms with Gasteiger partial charge in [0.2, 0.25) is 0 Å². The van der Waals surface area contributed by atoms with Crippen molar-refractivity contribution in [2.45, 2.75) is 13.3 Å². The second kappa shape index (κ2) is 7.62. The van der Waals surface area contributed by atoms with Crippen molar-refractivity contribution in [2.75, 3.05) is 19.0 Å². The Morgan fingerprint density at radius 3 is 2.50 bits per heavy atom. The van der Waals surface area contributed by atoms with E-state index in [1.807, 2.05) is 24.3 Å². The van der Waals surface area contributed by atoms with Gasteiger partial charge in [0, 0.05) is 12.8 Å². The molecule has 1 amide bonds. The van der Waals surface area contributed by atoms with Gasteiger partial charge in [-0.15, -0.1) is 0 Å². The zero-order valence-electron chi connectivity index (χ0n) is 10.4. The van der Waals surface area contributed by atoms with Gasteiger partial charge in [0.05, 0.1) is 0 Å². The highest BCUT2D eigenvalue weighted by molar-refractivity contribution is 7.80. The third kappa shape index (κ3) is 5.11. The number of hydrogen-bond donors (Lipinski definition) is 3. The first-order chi connectivity index (χ1) is 8.65. The molecule has 98 valence electrons. The molecule has 0 aliphatic heterocycles. The number of benzene rings is 1. The van der Waals surface area contributed by atoms with E-state index in [9.17, 15) is 4.79 Å². The molecule has 0 aromatic heterocycles. The third-order valence-electron chi connectivity index (χ3n) is 2.21. The van der Waals surface area contributed by atoms with Gasteiger partial charge in [-0.1, -0.05) is 19.1 Å². The summed E-state index contributed by atoms with van der Waals surface area (Å²) in [5.74, 6) is -0.289. The number of methoxy groups -OCH3 is 1. The summed E-state index contributed by atoms with van der Waals surface area (Å²) in [5.41, 5.74) is 7.12. The Kier molecular flexibility index (Phi) is 6.10. The molecule has 1 aromatic rings. The number of amides is 1. The molecule has 0 unspecified atom stereocenters. The van der Waals surface area contributed by atoms with Crippen LogP contribution in [0.1, 0.15) is 12.5 Å². The van der Waals surface area contributed by atoms with Gasteiger partial charge in [0.15, 0.2) is 5.11 Å². The number of anilines is 1. The lowest BCUT2D eigenvalue weighted by Crippen LogP contribution is -2.45. The number of carbonyl (C=O) groups is 1. The molecule has 0 fully saturated rings. The third-order valence-corrected chi connectivity index (χ3v) is 2.42. The molecule has 0 saturated heterocycles. The van der Waals surface area contributed by atoms with Crippen LogP contribution in [0.4, 0.5) is 5.69 Å². The number of ether oxygens (including phenoxy) is 1. The number of thiocarbonyl (C=S) groups is 1. The summed E-state index contributed by atoms with van der Waals surface area (Å²) in [6, 6.07) is 7.91. The predicted molar refractivity (Wildman–Crippen MR) is 75.2 cm³/mol. The lowest BCUT2D eigenvalue weighted by atomic mass is 10.1. The van der Waals surface area contributed by atoms with E-state index in [1.165, 1.54) is 12.7 Å². The Morgan fingerprint density at radius 2 is 1.94 bits per heavy atom. The molecule has 5 nitrogen and oxygen atoms in total. The number of rotatable bonds is 4. The van der Waals surface area contributed by atoms with Crippen molar-refractivity contribution in [2.24, 2.45) is 0 Å². The number of hydrogen-bond acceptors (Lipinski definition) is 3. The topological polar surface area (TPSA) is 62.4 Å². The van der Waals surface area contributed by atoms with Crippen molar-refractivity contribution in [3.63, 3.8) is 0 Å². The minimum atomic E-state index is -0.289. The highest BCUT2D eigenvalue weighted by Gasteiger charge is 2.01. The number of hydrazine groups is 1. The summed E-state index contributed by atoms with van der Waals surface area (Å²) < 4.78 is 4.66. The Labute approximate surface area is 112 Å². The van der Waals surface area contributed by atoms with E-state index in [0.717, 1.165) is 12.1 Å². The Bertz CT molecular complexity index is 406. The zero-order chi connectivity index (χ0) is 13.4. The first kappa shape index (κ1) is 14.4. The minimum absolute atomic E-state index is 0.0131. The summed E-state index contributed by atoms with van der Waals surface area (Å²) in [7, 11) is 1.45. The van der Waals surface area contributed by atoms with Gasteiger partial charge < -0.3 is 10.1 Å². The molecule has 0 bridgehead atoms. The Morgan fingerprint density at radius 1 is 1.28 bits per heavy atom. The van der Waals surface area contributed by atoms with Crippen LogP contribution in [0, 0.1) is 0 Å². The van der Waals surface area contributed by atoms with Gasteiger partial charge in [-0.25, -0.2) is 0 Å². The molecule has 0 spiro atoms. The Hall–Kier alpha value is -1.66. The fourth-order valence-electron chi connectivity index (χ4n) is 1.28. The summed E-state index contributed by atoms with van der Waals surface area (Å²) in [6.07, 6.45) is 0.996. The molecular weight excluding hydrogens is 250 g/mol. The van der Waals surface area contributed by atoms with Gasteiger partial charge in [-0.2, -0.15) is 0 Å². The van der Waals surface area contributed by atoms with Gasteiger partial charge in [0.1, 0.15) is 6.61 Å². The smallest absolute Gasteiger partial charge is 0.264 e. The van der Waals surface area contributed by atoms with E-state index in [-0.39, 0.29) is 12.5 Å². The van der Waals surface area contributed by atoms with Crippen LogP contribution < -0.4 is 16.2 Å². The second-order valence-corrected chi connectivity index (χ2v) is 4.02. The van der Waals surface area contributed by atoms with Crippen LogP contribution in [0.5, 0.6) is 0 Å². The van der Waals surface area contributed by atoms with Crippen molar-refractivity contribution in [1.29, 1.82) is 0 Å². The van der Waals surface area contributed by atoms with Crippen LogP contribution in [0.3, 0.4) is 0 Å². The van der Waals surface area contributed by atoms with Crippen LogP contribution in [-0.4, -0.2) is 24.7 Å². The fourth-order valence-corrected chi connectivity index (χ4v) is 1.45. The van der Waals surface area contributed by atoms with Crippen LogP contribution in [0.2, 0.25) is 0 Å². The normalized spacial score (nSPS) is 9.67. The highest BCUT2D eigenvalue weighted by atomic mass is 32.1. The molecule has 0 heterocycles. The summed E-state index contributed by atoms with van der Waals surface area (Å²) in [5, 5.41) is 3.28. The largest absolute Gasteiger partial charge is 0.375 e. The van der Waals surface area contributed by atoms with Crippen LogP contribution in [0.25, 0.3) is 0 Å². The molecule has 18 heavy (non-hydrogen) atoms. The van der Waals surface area contributed by atoms with Crippen molar-refractivity contribution < 1.29 is 9.53 Å². The highest BCUT2D eigenvalue weighted by Crippen LogP contribution is 2.09. The molecular formula is C12H17N3O2S. The van der Waals surface area contributed by atoms with E-state index in [1.54, 1.807) is 0 Å². The number of nitrogens with one attached hydrogen (secondary N) is 3. The summed E-state index contributed by atoms with van der Waals surface area (Å²) in [6.45, 7) is 2.08. The monoisotopic (exact) mass is 267 g/mol. The molecule has 0 atom stereocenters. The predicted octanol–water partition coefficient (Wildman–Crippen LogP) is 1.21. The van der Waals surface area contributed by atoms with Gasteiger partial charge in [-0.3, -0.25) is 15.6 Å². The maximum atomic E-state index is 11.1. The molecule has 0 aliphatic rings. The van der Waals surface area contributed by atoms with Crippen LogP contribution >= 0.6 is 12.2 Å². The van der Waals surface area contributed by atoms with E-state index < -0.39 is 0 Å². The maximum Gasteiger partial charge on any atom is 0.264 e. The lowest BCUT2D eigenvalue weighted by Gasteiger charge is -2.11. The molecule has 3 N–H and O–H groups in total. The van der Waals surface area contributed by atoms with Crippen LogP contribution in [0.15, 0.2) is 24.3 Å². The number of carbonyl (C=O) groups excluding carboxylic acids is 1. The lowest BCUT2D eigenvalue weighted by molar-refractivity contribution is -0.125. The SMILES string of the molecule is CCc1ccc(NC(=S)NNC(=O)COC)cc1. The van der Waals surface area contributed by atoms with Gasteiger partial charge in [-0.05, 0) is 36.3 Å².